The normalized spacial score (nSPS) is 11.1. The number of halogens is 1. The van der Waals surface area contributed by atoms with Crippen LogP contribution >= 0.6 is 0 Å². The van der Waals surface area contributed by atoms with E-state index in [1.54, 1.807) is 6.07 Å². The Morgan fingerprint density at radius 3 is 2.60 bits per heavy atom. The number of hydrogen-bond acceptors (Lipinski definition) is 1. The summed E-state index contributed by atoms with van der Waals surface area (Å²) in [6, 6.07) is 15.0. The number of aromatic nitrogens is 2. The summed E-state index contributed by atoms with van der Waals surface area (Å²) in [6.45, 7) is 2.66. The van der Waals surface area contributed by atoms with E-state index in [0.29, 0.717) is 12.1 Å². The minimum atomic E-state index is -0.160. The summed E-state index contributed by atoms with van der Waals surface area (Å²) in [5, 5.41) is 0. The largest absolute Gasteiger partial charge is 0.323 e. The van der Waals surface area contributed by atoms with E-state index < -0.39 is 0 Å². The zero-order valence-corrected chi connectivity index (χ0v) is 11.5. The molecule has 3 rings (SSSR count). The number of rotatable bonds is 4. The fourth-order valence-corrected chi connectivity index (χ4v) is 2.51. The first kappa shape index (κ1) is 12.9. The molecule has 3 aromatic rings. The van der Waals surface area contributed by atoms with Crippen LogP contribution in [0, 0.1) is 5.82 Å². The summed E-state index contributed by atoms with van der Waals surface area (Å²) < 4.78 is 16.0. The zero-order chi connectivity index (χ0) is 13.9. The average molecular weight is 268 g/mol. The second kappa shape index (κ2) is 5.45. The Labute approximate surface area is 117 Å². The molecule has 0 fully saturated rings. The molecular formula is C17H17FN2. The van der Waals surface area contributed by atoms with E-state index in [1.807, 2.05) is 36.4 Å². The molecule has 2 nitrogen and oxygen atoms in total. The number of benzene rings is 2. The topological polar surface area (TPSA) is 17.8 Å². The molecule has 102 valence electrons. The van der Waals surface area contributed by atoms with E-state index in [0.717, 1.165) is 29.7 Å². The van der Waals surface area contributed by atoms with Crippen molar-refractivity contribution in [2.45, 2.75) is 26.3 Å². The molecule has 0 N–H and O–H groups in total. The van der Waals surface area contributed by atoms with Crippen LogP contribution in [0.1, 0.15) is 24.7 Å². The van der Waals surface area contributed by atoms with E-state index in [2.05, 4.69) is 16.5 Å². The highest BCUT2D eigenvalue weighted by molar-refractivity contribution is 5.76. The number of fused-ring (bicyclic) bond motifs is 1. The molecule has 0 bridgehead atoms. The summed E-state index contributed by atoms with van der Waals surface area (Å²) in [7, 11) is 0. The predicted molar refractivity (Wildman–Crippen MR) is 79.2 cm³/mol. The van der Waals surface area contributed by atoms with Crippen LogP contribution < -0.4 is 0 Å². The van der Waals surface area contributed by atoms with Gasteiger partial charge in [-0.3, -0.25) is 0 Å². The molecule has 0 saturated heterocycles. The molecule has 0 aliphatic heterocycles. The summed E-state index contributed by atoms with van der Waals surface area (Å²) in [6.07, 6.45) is 1.93. The Kier molecular flexibility index (Phi) is 3.50. The lowest BCUT2D eigenvalue weighted by Crippen LogP contribution is -2.06. The van der Waals surface area contributed by atoms with Crippen LogP contribution in [0.15, 0.2) is 48.5 Å². The van der Waals surface area contributed by atoms with Crippen molar-refractivity contribution in [1.82, 2.24) is 9.55 Å². The zero-order valence-electron chi connectivity index (χ0n) is 11.5. The summed E-state index contributed by atoms with van der Waals surface area (Å²) in [5.74, 6) is 0.865. The fraction of sp³-hybridized carbons (Fsp3) is 0.235. The van der Waals surface area contributed by atoms with Crippen molar-refractivity contribution in [3.8, 4) is 0 Å². The number of nitrogens with zero attached hydrogens (tertiary/aromatic N) is 2. The highest BCUT2D eigenvalue weighted by Gasteiger charge is 2.11. The van der Waals surface area contributed by atoms with Crippen molar-refractivity contribution >= 4 is 11.0 Å². The van der Waals surface area contributed by atoms with Gasteiger partial charge >= 0.3 is 0 Å². The van der Waals surface area contributed by atoms with Gasteiger partial charge in [0.1, 0.15) is 11.6 Å². The molecule has 0 spiro atoms. The predicted octanol–water partition coefficient (Wildman–Crippen LogP) is 4.18. The second-order valence-corrected chi connectivity index (χ2v) is 4.94. The molecule has 0 amide bonds. The van der Waals surface area contributed by atoms with E-state index in [4.69, 9.17) is 0 Å². The Bertz CT molecular complexity index is 731. The van der Waals surface area contributed by atoms with Crippen LogP contribution in [-0.4, -0.2) is 9.55 Å². The van der Waals surface area contributed by atoms with Gasteiger partial charge < -0.3 is 4.57 Å². The van der Waals surface area contributed by atoms with Crippen LogP contribution in [0.5, 0.6) is 0 Å². The minimum absolute atomic E-state index is 0.160. The van der Waals surface area contributed by atoms with Gasteiger partial charge in [0.2, 0.25) is 0 Å². The van der Waals surface area contributed by atoms with E-state index >= 15 is 0 Å². The second-order valence-electron chi connectivity index (χ2n) is 4.94. The van der Waals surface area contributed by atoms with Crippen molar-refractivity contribution in [3.05, 3.63) is 65.7 Å². The Hall–Kier alpha value is -2.16. The third-order valence-electron chi connectivity index (χ3n) is 3.49. The van der Waals surface area contributed by atoms with Crippen LogP contribution in [-0.2, 0) is 13.0 Å². The average Bonchev–Trinajstić information content (AvgIpc) is 2.80. The summed E-state index contributed by atoms with van der Waals surface area (Å²) in [4.78, 5) is 4.67. The number of aryl methyl sites for hydroxylation is 1. The fourth-order valence-electron chi connectivity index (χ4n) is 2.51. The van der Waals surface area contributed by atoms with Crippen molar-refractivity contribution in [2.24, 2.45) is 0 Å². The van der Waals surface area contributed by atoms with Gasteiger partial charge in [-0.2, -0.15) is 0 Å². The van der Waals surface area contributed by atoms with Gasteiger partial charge in [0.15, 0.2) is 0 Å². The SMILES string of the molecule is CCCc1nc2ccccc2n1Cc1ccccc1F. The quantitative estimate of drug-likeness (QED) is 0.694. The van der Waals surface area contributed by atoms with E-state index in [1.165, 1.54) is 6.07 Å². The maximum atomic E-state index is 13.9. The van der Waals surface area contributed by atoms with Gasteiger partial charge in [-0.05, 0) is 24.6 Å². The van der Waals surface area contributed by atoms with E-state index in [-0.39, 0.29) is 5.82 Å². The van der Waals surface area contributed by atoms with Crippen LogP contribution in [0.25, 0.3) is 11.0 Å². The lowest BCUT2D eigenvalue weighted by atomic mass is 10.2. The third kappa shape index (κ3) is 2.31. The van der Waals surface area contributed by atoms with E-state index in [9.17, 15) is 4.39 Å². The summed E-state index contributed by atoms with van der Waals surface area (Å²) in [5.41, 5.74) is 2.75. The molecule has 2 aromatic carbocycles. The Morgan fingerprint density at radius 1 is 1.05 bits per heavy atom. The van der Waals surface area contributed by atoms with Gasteiger partial charge in [0.25, 0.3) is 0 Å². The molecule has 0 radical (unpaired) electrons. The van der Waals surface area contributed by atoms with Gasteiger partial charge in [0.05, 0.1) is 17.6 Å². The highest BCUT2D eigenvalue weighted by Crippen LogP contribution is 2.20. The van der Waals surface area contributed by atoms with Crippen LogP contribution in [0.2, 0.25) is 0 Å². The molecule has 0 aliphatic carbocycles. The van der Waals surface area contributed by atoms with Crippen molar-refractivity contribution in [2.75, 3.05) is 0 Å². The maximum absolute atomic E-state index is 13.9. The molecule has 1 heterocycles. The van der Waals surface area contributed by atoms with Crippen molar-refractivity contribution < 1.29 is 4.39 Å². The molecular weight excluding hydrogens is 251 g/mol. The highest BCUT2D eigenvalue weighted by atomic mass is 19.1. The number of para-hydroxylation sites is 2. The van der Waals surface area contributed by atoms with Gasteiger partial charge in [-0.1, -0.05) is 37.3 Å². The van der Waals surface area contributed by atoms with Crippen LogP contribution in [0.4, 0.5) is 4.39 Å². The molecule has 3 heteroatoms. The Morgan fingerprint density at radius 2 is 1.80 bits per heavy atom. The Balaban J connectivity index is 2.09. The third-order valence-corrected chi connectivity index (χ3v) is 3.49. The molecule has 1 aromatic heterocycles. The van der Waals surface area contributed by atoms with Gasteiger partial charge in [-0.25, -0.2) is 9.37 Å². The first-order valence-corrected chi connectivity index (χ1v) is 6.97. The maximum Gasteiger partial charge on any atom is 0.128 e. The van der Waals surface area contributed by atoms with Crippen LogP contribution in [0.3, 0.4) is 0 Å². The first-order valence-electron chi connectivity index (χ1n) is 6.97. The minimum Gasteiger partial charge on any atom is -0.323 e. The smallest absolute Gasteiger partial charge is 0.128 e. The lowest BCUT2D eigenvalue weighted by molar-refractivity contribution is 0.596. The number of imidazole rings is 1. The van der Waals surface area contributed by atoms with Crippen molar-refractivity contribution in [1.29, 1.82) is 0 Å². The summed E-state index contributed by atoms with van der Waals surface area (Å²) >= 11 is 0. The van der Waals surface area contributed by atoms with Gasteiger partial charge in [0, 0.05) is 12.0 Å². The molecule has 0 aliphatic rings. The number of hydrogen-bond donors (Lipinski definition) is 0. The molecule has 20 heavy (non-hydrogen) atoms. The molecule has 0 unspecified atom stereocenters. The molecule has 0 atom stereocenters. The van der Waals surface area contributed by atoms with Gasteiger partial charge in [-0.15, -0.1) is 0 Å². The molecule has 0 saturated carbocycles. The lowest BCUT2D eigenvalue weighted by Gasteiger charge is -2.09. The first-order chi connectivity index (χ1) is 9.79. The van der Waals surface area contributed by atoms with Crippen molar-refractivity contribution in [3.63, 3.8) is 0 Å². The standard InChI is InChI=1S/C17H17FN2/c1-2-7-17-19-15-10-5-6-11-16(15)20(17)12-13-8-3-4-9-14(13)18/h3-6,8-11H,2,7,12H2,1H3. The monoisotopic (exact) mass is 268 g/mol.